The zero-order valence-corrected chi connectivity index (χ0v) is 15.2. The van der Waals surface area contributed by atoms with E-state index in [0.29, 0.717) is 21.8 Å². The second kappa shape index (κ2) is 8.43. The molecule has 0 heterocycles. The van der Waals surface area contributed by atoms with Crippen molar-refractivity contribution >= 4 is 40.6 Å². The molecular weight excluding hydrogens is 366 g/mol. The zero-order chi connectivity index (χ0) is 18.6. The van der Waals surface area contributed by atoms with Crippen LogP contribution in [0.4, 0.5) is 10.1 Å². The Morgan fingerprint density at radius 1 is 1.16 bits per heavy atom. The first-order valence-electron chi connectivity index (χ1n) is 7.57. The van der Waals surface area contributed by atoms with E-state index in [2.05, 4.69) is 10.6 Å². The van der Waals surface area contributed by atoms with Gasteiger partial charge in [-0.1, -0.05) is 35.3 Å². The van der Waals surface area contributed by atoms with Crippen molar-refractivity contribution in [3.63, 3.8) is 0 Å². The van der Waals surface area contributed by atoms with E-state index in [4.69, 9.17) is 23.2 Å². The first-order chi connectivity index (χ1) is 11.8. The summed E-state index contributed by atoms with van der Waals surface area (Å²) in [6.07, 6.45) is 0. The minimum absolute atomic E-state index is 0.0337. The van der Waals surface area contributed by atoms with Crippen molar-refractivity contribution < 1.29 is 14.0 Å². The quantitative estimate of drug-likeness (QED) is 0.565. The second-order valence-electron chi connectivity index (χ2n) is 5.54. The van der Waals surface area contributed by atoms with Crippen molar-refractivity contribution in [3.8, 4) is 0 Å². The lowest BCUT2D eigenvalue weighted by Crippen LogP contribution is -2.30. The molecule has 0 aliphatic heterocycles. The molecule has 0 spiro atoms. The van der Waals surface area contributed by atoms with Crippen LogP contribution in [-0.2, 0) is 4.79 Å². The van der Waals surface area contributed by atoms with E-state index < -0.39 is 5.82 Å². The number of nitrogens with one attached hydrogen (secondary N) is 2. The molecule has 2 N–H and O–H groups in total. The molecule has 1 atom stereocenters. The van der Waals surface area contributed by atoms with Gasteiger partial charge in [-0.3, -0.25) is 9.59 Å². The van der Waals surface area contributed by atoms with Gasteiger partial charge in [0.05, 0.1) is 17.3 Å². The van der Waals surface area contributed by atoms with Crippen LogP contribution in [0.3, 0.4) is 0 Å². The van der Waals surface area contributed by atoms with Crippen LogP contribution >= 0.6 is 23.2 Å². The molecule has 1 amide bonds. The maximum Gasteiger partial charge on any atom is 0.238 e. The van der Waals surface area contributed by atoms with Gasteiger partial charge >= 0.3 is 0 Å². The van der Waals surface area contributed by atoms with Crippen molar-refractivity contribution in [1.82, 2.24) is 5.32 Å². The Balaban J connectivity index is 2.01. The van der Waals surface area contributed by atoms with E-state index in [0.717, 1.165) is 0 Å². The molecule has 0 bridgehead atoms. The van der Waals surface area contributed by atoms with Gasteiger partial charge in [-0.05, 0) is 43.7 Å². The first-order valence-corrected chi connectivity index (χ1v) is 8.32. The van der Waals surface area contributed by atoms with Crippen LogP contribution in [0.1, 0.15) is 35.8 Å². The third kappa shape index (κ3) is 5.01. The van der Waals surface area contributed by atoms with Crippen LogP contribution in [0.5, 0.6) is 0 Å². The highest BCUT2D eigenvalue weighted by molar-refractivity contribution is 6.35. The highest BCUT2D eigenvalue weighted by Crippen LogP contribution is 2.28. The van der Waals surface area contributed by atoms with E-state index >= 15 is 0 Å². The molecule has 0 aliphatic carbocycles. The van der Waals surface area contributed by atoms with Gasteiger partial charge in [0.25, 0.3) is 0 Å². The number of rotatable bonds is 6. The van der Waals surface area contributed by atoms with Crippen LogP contribution < -0.4 is 10.6 Å². The van der Waals surface area contributed by atoms with Gasteiger partial charge < -0.3 is 10.6 Å². The minimum Gasteiger partial charge on any atom is -0.324 e. The predicted molar refractivity (Wildman–Crippen MR) is 97.9 cm³/mol. The Morgan fingerprint density at radius 3 is 2.52 bits per heavy atom. The lowest BCUT2D eigenvalue weighted by molar-refractivity contribution is -0.115. The summed E-state index contributed by atoms with van der Waals surface area (Å²) in [5.74, 6) is -1.04. The fourth-order valence-electron chi connectivity index (χ4n) is 2.32. The molecule has 0 saturated heterocycles. The van der Waals surface area contributed by atoms with Crippen molar-refractivity contribution in [3.05, 3.63) is 63.4 Å². The van der Waals surface area contributed by atoms with Crippen LogP contribution in [0.15, 0.2) is 36.4 Å². The number of hydrogen-bond donors (Lipinski definition) is 2. The van der Waals surface area contributed by atoms with Crippen LogP contribution in [0.2, 0.25) is 10.0 Å². The zero-order valence-electron chi connectivity index (χ0n) is 13.7. The Hall–Kier alpha value is -1.95. The van der Waals surface area contributed by atoms with E-state index in [1.54, 1.807) is 31.2 Å². The van der Waals surface area contributed by atoms with E-state index in [1.165, 1.54) is 19.1 Å². The van der Waals surface area contributed by atoms with E-state index in [9.17, 15) is 14.0 Å². The summed E-state index contributed by atoms with van der Waals surface area (Å²) in [7, 11) is 0. The monoisotopic (exact) mass is 382 g/mol. The van der Waals surface area contributed by atoms with Crippen molar-refractivity contribution in [2.45, 2.75) is 19.9 Å². The topological polar surface area (TPSA) is 58.2 Å². The maximum atomic E-state index is 13.6. The fraction of sp³-hybridized carbons (Fsp3) is 0.222. The third-order valence-electron chi connectivity index (χ3n) is 3.66. The smallest absolute Gasteiger partial charge is 0.238 e. The highest BCUT2D eigenvalue weighted by atomic mass is 35.5. The summed E-state index contributed by atoms with van der Waals surface area (Å²) in [5, 5.41) is 5.90. The average Bonchev–Trinajstić information content (AvgIpc) is 2.56. The maximum absolute atomic E-state index is 13.6. The number of ketones is 1. The van der Waals surface area contributed by atoms with Gasteiger partial charge in [-0.15, -0.1) is 0 Å². The molecule has 0 fully saturated rings. The Morgan fingerprint density at radius 2 is 1.84 bits per heavy atom. The summed E-state index contributed by atoms with van der Waals surface area (Å²) in [6.45, 7) is 3.15. The number of benzene rings is 2. The Bertz CT molecular complexity index is 812. The van der Waals surface area contributed by atoms with Gasteiger partial charge in [0, 0.05) is 16.6 Å². The normalized spacial score (nSPS) is 11.9. The molecule has 2 aromatic rings. The molecular formula is C18H17Cl2FN2O2. The molecule has 0 aliphatic rings. The first kappa shape index (κ1) is 19.4. The van der Waals surface area contributed by atoms with E-state index in [-0.39, 0.29) is 29.3 Å². The summed E-state index contributed by atoms with van der Waals surface area (Å²) >= 11 is 11.7. The van der Waals surface area contributed by atoms with Gasteiger partial charge in [0.1, 0.15) is 5.82 Å². The average molecular weight is 383 g/mol. The Kier molecular flexibility index (Phi) is 6.53. The van der Waals surface area contributed by atoms with Crippen LogP contribution in [-0.4, -0.2) is 18.2 Å². The predicted octanol–water partition coefficient (Wildman–Crippen LogP) is 4.62. The third-order valence-corrected chi connectivity index (χ3v) is 4.27. The van der Waals surface area contributed by atoms with Crippen molar-refractivity contribution in [2.24, 2.45) is 0 Å². The number of carbonyl (C=O) groups is 2. The molecule has 0 saturated carbocycles. The SMILES string of the molecule is CC(=O)c1ccccc1NC(=O)CN[C@H](C)c1cc(F)c(Cl)cc1Cl. The number of para-hydroxylation sites is 1. The van der Waals surface area contributed by atoms with Gasteiger partial charge in [-0.25, -0.2) is 4.39 Å². The van der Waals surface area contributed by atoms with Crippen molar-refractivity contribution in [2.75, 3.05) is 11.9 Å². The number of hydrogen-bond acceptors (Lipinski definition) is 3. The molecule has 0 aromatic heterocycles. The van der Waals surface area contributed by atoms with Gasteiger partial charge in [0.2, 0.25) is 5.91 Å². The van der Waals surface area contributed by atoms with E-state index in [1.807, 2.05) is 0 Å². The van der Waals surface area contributed by atoms with Gasteiger partial charge in [0.15, 0.2) is 5.78 Å². The summed E-state index contributed by atoms with van der Waals surface area (Å²) in [5.41, 5.74) is 1.39. The number of anilines is 1. The molecule has 7 heteroatoms. The standard InChI is InChI=1S/C18H17Cl2FN2O2/c1-10(13-7-16(21)15(20)8-14(13)19)22-9-18(25)23-17-6-4-3-5-12(17)11(2)24/h3-8,10,22H,9H2,1-2H3,(H,23,25)/t10-/m1/s1. The number of Topliss-reactive ketones (excluding diaryl/α,β-unsaturated/α-hetero) is 1. The molecule has 132 valence electrons. The van der Waals surface area contributed by atoms with Crippen molar-refractivity contribution in [1.29, 1.82) is 0 Å². The summed E-state index contributed by atoms with van der Waals surface area (Å²) in [6, 6.07) is 8.96. The largest absolute Gasteiger partial charge is 0.324 e. The highest BCUT2D eigenvalue weighted by Gasteiger charge is 2.15. The molecule has 0 radical (unpaired) electrons. The van der Waals surface area contributed by atoms with Crippen LogP contribution in [0.25, 0.3) is 0 Å². The lowest BCUT2D eigenvalue weighted by Gasteiger charge is -2.16. The number of amides is 1. The minimum atomic E-state index is -0.574. The van der Waals surface area contributed by atoms with Gasteiger partial charge in [-0.2, -0.15) is 0 Å². The molecule has 2 aromatic carbocycles. The molecule has 0 unspecified atom stereocenters. The van der Waals surface area contributed by atoms with Crippen LogP contribution in [0, 0.1) is 5.82 Å². The second-order valence-corrected chi connectivity index (χ2v) is 6.35. The lowest BCUT2D eigenvalue weighted by atomic mass is 10.1. The summed E-state index contributed by atoms with van der Waals surface area (Å²) < 4.78 is 13.6. The summed E-state index contributed by atoms with van der Waals surface area (Å²) in [4.78, 5) is 23.7. The molecule has 2 rings (SSSR count). The molecule has 4 nitrogen and oxygen atoms in total. The fourth-order valence-corrected chi connectivity index (χ4v) is 2.87. The number of carbonyl (C=O) groups excluding carboxylic acids is 2. The Labute approximate surface area is 155 Å². The molecule has 25 heavy (non-hydrogen) atoms. The number of halogens is 3.